The molecule has 0 aliphatic rings. The average molecular weight is 314 g/mol. The van der Waals surface area contributed by atoms with Crippen LogP contribution in [0.3, 0.4) is 0 Å². The van der Waals surface area contributed by atoms with E-state index in [1.54, 1.807) is 30.8 Å². The molecule has 1 atom stereocenters. The zero-order valence-corrected chi connectivity index (χ0v) is 13.0. The van der Waals surface area contributed by atoms with Crippen LogP contribution in [0.2, 0.25) is 0 Å². The number of rotatable bonds is 7. The molecule has 0 bridgehead atoms. The van der Waals surface area contributed by atoms with Crippen LogP contribution in [-0.4, -0.2) is 24.9 Å². The highest BCUT2D eigenvalue weighted by molar-refractivity contribution is 7.89. The van der Waals surface area contributed by atoms with E-state index in [2.05, 4.69) is 20.0 Å². The predicted molar refractivity (Wildman–Crippen MR) is 79.0 cm³/mol. The van der Waals surface area contributed by atoms with E-state index in [4.69, 9.17) is 0 Å². The summed E-state index contributed by atoms with van der Waals surface area (Å²) in [7, 11) is -3.54. The van der Waals surface area contributed by atoms with Crippen molar-refractivity contribution < 1.29 is 8.42 Å². The fraction of sp³-hybridized carbons (Fsp3) is 0.417. The second kappa shape index (κ2) is 6.49. The summed E-state index contributed by atoms with van der Waals surface area (Å²) in [6.45, 7) is 5.10. The van der Waals surface area contributed by atoms with Crippen molar-refractivity contribution in [2.45, 2.75) is 31.3 Å². The van der Waals surface area contributed by atoms with Gasteiger partial charge in [0, 0.05) is 23.8 Å². The Hall–Kier alpha value is -1.22. The maximum absolute atomic E-state index is 12.4. The molecule has 0 saturated heterocycles. The molecule has 2 heterocycles. The molecule has 0 aliphatic carbocycles. The van der Waals surface area contributed by atoms with Crippen LogP contribution in [0.4, 0.5) is 0 Å². The lowest BCUT2D eigenvalue weighted by Gasteiger charge is -2.12. The average Bonchev–Trinajstić information content (AvgIpc) is 3.07. The molecular weight excluding hydrogens is 296 g/mol. The second-order valence-electron chi connectivity index (χ2n) is 4.31. The quantitative estimate of drug-likeness (QED) is 0.725. The molecule has 0 aliphatic heterocycles. The summed E-state index contributed by atoms with van der Waals surface area (Å²) in [6.07, 6.45) is 3.27. The van der Waals surface area contributed by atoms with E-state index >= 15 is 0 Å². The second-order valence-corrected chi connectivity index (χ2v) is 6.99. The van der Waals surface area contributed by atoms with Crippen LogP contribution in [0.1, 0.15) is 30.6 Å². The van der Waals surface area contributed by atoms with Crippen molar-refractivity contribution in [3.63, 3.8) is 0 Å². The van der Waals surface area contributed by atoms with Gasteiger partial charge >= 0.3 is 0 Å². The summed E-state index contributed by atoms with van der Waals surface area (Å²) in [6, 6.07) is 1.23. The normalized spacial score (nSPS) is 13.5. The first-order chi connectivity index (χ1) is 9.54. The monoisotopic (exact) mass is 314 g/mol. The maximum Gasteiger partial charge on any atom is 0.242 e. The van der Waals surface area contributed by atoms with Crippen LogP contribution in [0.5, 0.6) is 0 Å². The van der Waals surface area contributed by atoms with Crippen molar-refractivity contribution >= 4 is 21.4 Å². The molecule has 3 N–H and O–H groups in total. The number of H-pyrrole nitrogens is 1. The zero-order valence-electron chi connectivity index (χ0n) is 11.4. The van der Waals surface area contributed by atoms with Crippen LogP contribution < -0.4 is 10.0 Å². The molecule has 2 rings (SSSR count). The Morgan fingerprint density at radius 2 is 2.30 bits per heavy atom. The van der Waals surface area contributed by atoms with Gasteiger partial charge in [0.2, 0.25) is 10.0 Å². The van der Waals surface area contributed by atoms with E-state index in [0.717, 1.165) is 11.4 Å². The smallest absolute Gasteiger partial charge is 0.242 e. The standard InChI is InChI=1S/C12H18N4O2S2/c1-3-13-8-10-11(4-7-19-10)20(17,18)16-9(2)12-14-5-6-15-12/h4-7,9,13,16H,3,8H2,1-2H3,(H,14,15). The predicted octanol–water partition coefficient (Wildman–Crippen LogP) is 1.62. The van der Waals surface area contributed by atoms with Crippen molar-refractivity contribution in [2.24, 2.45) is 0 Å². The SMILES string of the molecule is CCNCc1sccc1S(=O)(=O)NC(C)c1ncc[nH]1. The highest BCUT2D eigenvalue weighted by atomic mass is 32.2. The summed E-state index contributed by atoms with van der Waals surface area (Å²) in [5.74, 6) is 0.594. The summed E-state index contributed by atoms with van der Waals surface area (Å²) in [5, 5.41) is 4.93. The first-order valence-electron chi connectivity index (χ1n) is 6.33. The molecule has 2 aromatic heterocycles. The van der Waals surface area contributed by atoms with Gasteiger partial charge in [-0.3, -0.25) is 0 Å². The van der Waals surface area contributed by atoms with Crippen LogP contribution in [-0.2, 0) is 16.6 Å². The number of imidazole rings is 1. The van der Waals surface area contributed by atoms with Crippen molar-refractivity contribution in [3.05, 3.63) is 34.5 Å². The van der Waals surface area contributed by atoms with Gasteiger partial charge in [0.25, 0.3) is 0 Å². The fourth-order valence-electron chi connectivity index (χ4n) is 1.80. The summed E-state index contributed by atoms with van der Waals surface area (Å²) < 4.78 is 27.5. The van der Waals surface area contributed by atoms with Gasteiger partial charge in [-0.2, -0.15) is 0 Å². The van der Waals surface area contributed by atoms with Crippen molar-refractivity contribution in [3.8, 4) is 0 Å². The topological polar surface area (TPSA) is 86.9 Å². The van der Waals surface area contributed by atoms with Gasteiger partial charge in [-0.25, -0.2) is 18.1 Å². The minimum absolute atomic E-state index is 0.335. The summed E-state index contributed by atoms with van der Waals surface area (Å²) >= 11 is 1.44. The summed E-state index contributed by atoms with van der Waals surface area (Å²) in [4.78, 5) is 8.11. The minimum atomic E-state index is -3.54. The number of nitrogens with one attached hydrogen (secondary N) is 3. The molecule has 0 spiro atoms. The van der Waals surface area contributed by atoms with Gasteiger partial charge < -0.3 is 10.3 Å². The lowest BCUT2D eigenvalue weighted by atomic mass is 10.3. The molecule has 110 valence electrons. The van der Waals surface area contributed by atoms with E-state index in [1.807, 2.05) is 6.92 Å². The minimum Gasteiger partial charge on any atom is -0.347 e. The number of hydrogen-bond donors (Lipinski definition) is 3. The molecule has 0 aromatic carbocycles. The van der Waals surface area contributed by atoms with Crippen molar-refractivity contribution in [1.29, 1.82) is 0 Å². The van der Waals surface area contributed by atoms with Crippen LogP contribution in [0, 0.1) is 0 Å². The van der Waals surface area contributed by atoms with Crippen molar-refractivity contribution in [1.82, 2.24) is 20.0 Å². The molecular formula is C12H18N4O2S2. The van der Waals surface area contributed by atoms with E-state index in [0.29, 0.717) is 17.3 Å². The summed E-state index contributed by atoms with van der Waals surface area (Å²) in [5.41, 5.74) is 0. The van der Waals surface area contributed by atoms with Crippen LogP contribution in [0.15, 0.2) is 28.7 Å². The number of thiophene rings is 1. The lowest BCUT2D eigenvalue weighted by molar-refractivity contribution is 0.560. The Bertz CT molecular complexity index is 634. The van der Waals surface area contributed by atoms with Crippen LogP contribution in [0.25, 0.3) is 0 Å². The van der Waals surface area contributed by atoms with E-state index in [9.17, 15) is 8.42 Å². The molecule has 20 heavy (non-hydrogen) atoms. The Kier molecular flexibility index (Phi) is 4.92. The van der Waals surface area contributed by atoms with Gasteiger partial charge in [-0.1, -0.05) is 6.92 Å². The number of aromatic nitrogens is 2. The third-order valence-electron chi connectivity index (χ3n) is 2.79. The Labute approximate surface area is 122 Å². The molecule has 0 fully saturated rings. The highest BCUT2D eigenvalue weighted by Crippen LogP contribution is 2.23. The lowest BCUT2D eigenvalue weighted by Crippen LogP contribution is -2.28. The molecule has 0 amide bonds. The first-order valence-corrected chi connectivity index (χ1v) is 8.69. The number of sulfonamides is 1. The highest BCUT2D eigenvalue weighted by Gasteiger charge is 2.23. The largest absolute Gasteiger partial charge is 0.347 e. The molecule has 1 unspecified atom stereocenters. The van der Waals surface area contributed by atoms with Gasteiger partial charge in [0.1, 0.15) is 5.82 Å². The first kappa shape index (κ1) is 15.2. The fourth-order valence-corrected chi connectivity index (χ4v) is 4.42. The number of nitrogens with zero attached hydrogens (tertiary/aromatic N) is 1. The van der Waals surface area contributed by atoms with Gasteiger partial charge in [-0.15, -0.1) is 11.3 Å². The van der Waals surface area contributed by atoms with E-state index in [1.165, 1.54) is 11.3 Å². The Morgan fingerprint density at radius 3 is 2.95 bits per heavy atom. The molecule has 2 aromatic rings. The van der Waals surface area contributed by atoms with Gasteiger partial charge in [0.05, 0.1) is 10.9 Å². The zero-order chi connectivity index (χ0) is 14.6. The van der Waals surface area contributed by atoms with E-state index in [-0.39, 0.29) is 0 Å². The Morgan fingerprint density at radius 1 is 1.50 bits per heavy atom. The van der Waals surface area contributed by atoms with E-state index < -0.39 is 16.1 Å². The van der Waals surface area contributed by atoms with Crippen LogP contribution >= 0.6 is 11.3 Å². The molecule has 0 saturated carbocycles. The van der Waals surface area contributed by atoms with Crippen molar-refractivity contribution in [2.75, 3.05) is 6.54 Å². The molecule has 8 heteroatoms. The number of hydrogen-bond acceptors (Lipinski definition) is 5. The van der Waals surface area contributed by atoms with Gasteiger partial charge in [0.15, 0.2) is 0 Å². The third-order valence-corrected chi connectivity index (χ3v) is 5.47. The third kappa shape index (κ3) is 3.45. The molecule has 0 radical (unpaired) electrons. The maximum atomic E-state index is 12.4. The Balaban J connectivity index is 2.16. The molecule has 6 nitrogen and oxygen atoms in total. The number of aromatic amines is 1. The van der Waals surface area contributed by atoms with Gasteiger partial charge in [-0.05, 0) is 24.9 Å².